The zero-order valence-corrected chi connectivity index (χ0v) is 13.3. The molecule has 2 aliphatic rings. The molecule has 0 saturated carbocycles. The van der Waals surface area contributed by atoms with Crippen LogP contribution in [0.2, 0.25) is 0 Å². The largest absolute Gasteiger partial charge is 0.338 e. The summed E-state index contributed by atoms with van der Waals surface area (Å²) in [6, 6.07) is 3.45. The molecular weight excluding hydrogens is 294 g/mol. The molecule has 23 heavy (non-hydrogen) atoms. The van der Waals surface area contributed by atoms with E-state index in [4.69, 9.17) is 0 Å². The van der Waals surface area contributed by atoms with Gasteiger partial charge in [-0.1, -0.05) is 0 Å². The lowest BCUT2D eigenvalue weighted by Crippen LogP contribution is -2.53. The normalized spacial score (nSPS) is 19.0. The second kappa shape index (κ2) is 7.41. The van der Waals surface area contributed by atoms with Crippen LogP contribution in [0.3, 0.4) is 0 Å². The van der Waals surface area contributed by atoms with E-state index in [0.717, 1.165) is 13.1 Å². The Morgan fingerprint density at radius 3 is 2.39 bits per heavy atom. The van der Waals surface area contributed by atoms with Gasteiger partial charge in [0.2, 0.25) is 5.91 Å². The highest BCUT2D eigenvalue weighted by molar-refractivity contribution is 5.89. The highest BCUT2D eigenvalue weighted by Gasteiger charge is 2.25. The van der Waals surface area contributed by atoms with Crippen LogP contribution in [0.4, 0.5) is 10.5 Å². The topological polar surface area (TPSA) is 68.8 Å². The summed E-state index contributed by atoms with van der Waals surface area (Å²) in [5, 5.41) is 2.83. The van der Waals surface area contributed by atoms with Gasteiger partial charge < -0.3 is 15.1 Å². The number of nitrogens with one attached hydrogen (secondary N) is 1. The Morgan fingerprint density at radius 1 is 1.04 bits per heavy atom. The Kier molecular flexibility index (Phi) is 5.07. The molecule has 0 bridgehead atoms. The fourth-order valence-corrected chi connectivity index (χ4v) is 3.03. The van der Waals surface area contributed by atoms with E-state index in [1.807, 2.05) is 4.90 Å². The molecule has 0 aromatic carbocycles. The summed E-state index contributed by atoms with van der Waals surface area (Å²) < 4.78 is 0. The van der Waals surface area contributed by atoms with E-state index < -0.39 is 0 Å². The van der Waals surface area contributed by atoms with E-state index in [2.05, 4.69) is 15.2 Å². The van der Waals surface area contributed by atoms with Crippen LogP contribution < -0.4 is 5.32 Å². The van der Waals surface area contributed by atoms with Crippen molar-refractivity contribution in [1.82, 2.24) is 19.7 Å². The van der Waals surface area contributed by atoms with E-state index in [1.54, 1.807) is 29.4 Å². The van der Waals surface area contributed by atoms with Crippen LogP contribution in [0.15, 0.2) is 24.5 Å². The van der Waals surface area contributed by atoms with Crippen LogP contribution in [0.25, 0.3) is 0 Å². The summed E-state index contributed by atoms with van der Waals surface area (Å²) in [7, 11) is 0. The molecule has 1 N–H and O–H groups in total. The molecule has 7 heteroatoms. The SMILES string of the molecule is O=C(CN1CCCC1)N1CCN(C(=O)Nc2cccnc2)CC1. The molecule has 124 valence electrons. The number of hydrogen-bond donors (Lipinski definition) is 1. The van der Waals surface area contributed by atoms with Crippen LogP contribution in [0.5, 0.6) is 0 Å². The average molecular weight is 317 g/mol. The Morgan fingerprint density at radius 2 is 1.74 bits per heavy atom. The van der Waals surface area contributed by atoms with Crippen molar-refractivity contribution in [2.45, 2.75) is 12.8 Å². The molecule has 0 unspecified atom stereocenters. The van der Waals surface area contributed by atoms with Crippen LogP contribution in [0.1, 0.15) is 12.8 Å². The minimum absolute atomic E-state index is 0.135. The lowest BCUT2D eigenvalue weighted by Gasteiger charge is -2.35. The fourth-order valence-electron chi connectivity index (χ4n) is 3.03. The lowest BCUT2D eigenvalue weighted by atomic mass is 10.3. The summed E-state index contributed by atoms with van der Waals surface area (Å²) in [6.07, 6.45) is 5.67. The van der Waals surface area contributed by atoms with Crippen molar-refractivity contribution < 1.29 is 9.59 Å². The monoisotopic (exact) mass is 317 g/mol. The van der Waals surface area contributed by atoms with Gasteiger partial charge in [0.15, 0.2) is 0 Å². The van der Waals surface area contributed by atoms with Gasteiger partial charge >= 0.3 is 6.03 Å². The zero-order valence-electron chi connectivity index (χ0n) is 13.3. The Labute approximate surface area is 136 Å². The first-order chi connectivity index (χ1) is 11.2. The Balaban J connectivity index is 1.44. The summed E-state index contributed by atoms with van der Waals surface area (Å²) >= 11 is 0. The number of aromatic nitrogens is 1. The predicted molar refractivity (Wildman–Crippen MR) is 87.1 cm³/mol. The maximum atomic E-state index is 12.3. The van der Waals surface area contributed by atoms with Crippen LogP contribution in [0, 0.1) is 0 Å². The summed E-state index contributed by atoms with van der Waals surface area (Å²) in [4.78, 5) is 34.3. The van der Waals surface area contributed by atoms with Gasteiger partial charge in [0.05, 0.1) is 18.4 Å². The van der Waals surface area contributed by atoms with Gasteiger partial charge in [-0.05, 0) is 38.1 Å². The number of amides is 3. The molecular formula is C16H23N5O2. The minimum Gasteiger partial charge on any atom is -0.338 e. The second-order valence-electron chi connectivity index (χ2n) is 6.02. The number of pyridine rings is 1. The van der Waals surface area contributed by atoms with Crippen LogP contribution in [-0.4, -0.2) is 77.4 Å². The van der Waals surface area contributed by atoms with Crippen LogP contribution in [-0.2, 0) is 4.79 Å². The van der Waals surface area contributed by atoms with Gasteiger partial charge in [-0.2, -0.15) is 0 Å². The molecule has 0 aliphatic carbocycles. The first-order valence-electron chi connectivity index (χ1n) is 8.18. The first kappa shape index (κ1) is 15.7. The van der Waals surface area contributed by atoms with E-state index >= 15 is 0 Å². The molecule has 2 fully saturated rings. The van der Waals surface area contributed by atoms with Crippen molar-refractivity contribution in [2.24, 2.45) is 0 Å². The number of anilines is 1. The van der Waals surface area contributed by atoms with Gasteiger partial charge in [-0.15, -0.1) is 0 Å². The van der Waals surface area contributed by atoms with E-state index in [1.165, 1.54) is 12.8 Å². The quantitative estimate of drug-likeness (QED) is 0.897. The van der Waals surface area contributed by atoms with Gasteiger partial charge in [0.25, 0.3) is 0 Å². The van der Waals surface area contributed by atoms with Gasteiger partial charge in [0, 0.05) is 32.4 Å². The summed E-state index contributed by atoms with van der Waals surface area (Å²) in [6.45, 7) is 4.91. The highest BCUT2D eigenvalue weighted by atomic mass is 16.2. The second-order valence-corrected chi connectivity index (χ2v) is 6.02. The molecule has 3 amide bonds. The molecule has 2 aliphatic heterocycles. The zero-order chi connectivity index (χ0) is 16.1. The minimum atomic E-state index is -0.135. The third kappa shape index (κ3) is 4.19. The number of carbonyl (C=O) groups excluding carboxylic acids is 2. The van der Waals surface area contributed by atoms with Gasteiger partial charge in [-0.3, -0.25) is 14.7 Å². The number of urea groups is 1. The van der Waals surface area contributed by atoms with Crippen molar-refractivity contribution in [3.63, 3.8) is 0 Å². The molecule has 0 spiro atoms. The molecule has 1 aromatic heterocycles. The number of rotatable bonds is 3. The molecule has 3 heterocycles. The number of nitrogens with zero attached hydrogens (tertiary/aromatic N) is 4. The van der Waals surface area contributed by atoms with E-state index in [-0.39, 0.29) is 11.9 Å². The molecule has 1 aromatic rings. The van der Waals surface area contributed by atoms with Gasteiger partial charge in [-0.25, -0.2) is 4.79 Å². The number of likely N-dealkylation sites (tertiary alicyclic amines) is 1. The molecule has 3 rings (SSSR count). The highest BCUT2D eigenvalue weighted by Crippen LogP contribution is 2.10. The maximum absolute atomic E-state index is 12.3. The summed E-state index contributed by atoms with van der Waals surface area (Å²) in [5.74, 6) is 0.180. The molecule has 2 saturated heterocycles. The molecule has 0 radical (unpaired) electrons. The van der Waals surface area contributed by atoms with Crippen molar-refractivity contribution in [3.05, 3.63) is 24.5 Å². The van der Waals surface area contributed by atoms with Gasteiger partial charge in [0.1, 0.15) is 0 Å². The van der Waals surface area contributed by atoms with E-state index in [0.29, 0.717) is 38.4 Å². The Hall–Kier alpha value is -2.15. The third-order valence-corrected chi connectivity index (χ3v) is 4.39. The van der Waals surface area contributed by atoms with Crippen molar-refractivity contribution in [2.75, 3.05) is 51.1 Å². The standard InChI is InChI=1S/C16H23N5O2/c22-15(13-19-6-1-2-7-19)20-8-10-21(11-9-20)16(23)18-14-4-3-5-17-12-14/h3-5,12H,1-2,6-11,13H2,(H,18,23). The summed E-state index contributed by atoms with van der Waals surface area (Å²) in [5.41, 5.74) is 0.685. The number of carbonyl (C=O) groups is 2. The molecule has 7 nitrogen and oxygen atoms in total. The van der Waals surface area contributed by atoms with Crippen molar-refractivity contribution >= 4 is 17.6 Å². The smallest absolute Gasteiger partial charge is 0.322 e. The van der Waals surface area contributed by atoms with Crippen molar-refractivity contribution in [1.29, 1.82) is 0 Å². The molecule has 0 atom stereocenters. The lowest BCUT2D eigenvalue weighted by molar-refractivity contribution is -0.133. The van der Waals surface area contributed by atoms with Crippen molar-refractivity contribution in [3.8, 4) is 0 Å². The number of piperazine rings is 1. The Bertz CT molecular complexity index is 537. The maximum Gasteiger partial charge on any atom is 0.322 e. The first-order valence-corrected chi connectivity index (χ1v) is 8.18. The average Bonchev–Trinajstić information content (AvgIpc) is 3.09. The fraction of sp³-hybridized carbons (Fsp3) is 0.562. The van der Waals surface area contributed by atoms with Crippen LogP contribution >= 0.6 is 0 Å². The predicted octanol–water partition coefficient (Wildman–Crippen LogP) is 0.853. The van der Waals surface area contributed by atoms with E-state index in [9.17, 15) is 9.59 Å². The third-order valence-electron chi connectivity index (χ3n) is 4.39. The number of hydrogen-bond acceptors (Lipinski definition) is 4.